The number of thioether (sulfide) groups is 1. The van der Waals surface area contributed by atoms with Crippen LogP contribution in [0.5, 0.6) is 5.75 Å². The second kappa shape index (κ2) is 8.92. The number of ether oxygens (including phenoxy) is 1. The number of non-ortho nitro benzene ring substituents is 1. The standard InChI is InChI=1S/C19H13ClN4O5S2/c1-28-13-8-10(24(26)27)6-7-12(13)21-15(25)9-30-19-23-22-18(29-19)17-16(20)11-4-2-3-5-14(11)31-17/h2-8H,9H2,1H3,(H,21,25). The van der Waals surface area contributed by atoms with Crippen LogP contribution in [0.1, 0.15) is 0 Å². The number of anilines is 1. The number of benzene rings is 2. The minimum absolute atomic E-state index is 0.0120. The van der Waals surface area contributed by atoms with E-state index in [1.54, 1.807) is 0 Å². The summed E-state index contributed by atoms with van der Waals surface area (Å²) in [7, 11) is 1.36. The van der Waals surface area contributed by atoms with Gasteiger partial charge in [-0.3, -0.25) is 14.9 Å². The highest BCUT2D eigenvalue weighted by Gasteiger charge is 2.19. The first-order valence-electron chi connectivity index (χ1n) is 8.72. The smallest absolute Gasteiger partial charge is 0.277 e. The quantitative estimate of drug-likeness (QED) is 0.218. The van der Waals surface area contributed by atoms with Gasteiger partial charge in [-0.25, -0.2) is 0 Å². The summed E-state index contributed by atoms with van der Waals surface area (Å²) in [6, 6.07) is 11.6. The molecule has 1 amide bonds. The average molecular weight is 477 g/mol. The molecule has 0 unspecified atom stereocenters. The van der Waals surface area contributed by atoms with Gasteiger partial charge in [-0.1, -0.05) is 41.6 Å². The zero-order valence-corrected chi connectivity index (χ0v) is 18.2. The van der Waals surface area contributed by atoms with Gasteiger partial charge in [0.1, 0.15) is 10.6 Å². The molecule has 2 aromatic heterocycles. The largest absolute Gasteiger partial charge is 0.494 e. The number of nitro benzene ring substituents is 1. The van der Waals surface area contributed by atoms with Gasteiger partial charge in [-0.05, 0) is 12.1 Å². The summed E-state index contributed by atoms with van der Waals surface area (Å²) in [6.07, 6.45) is 0. The van der Waals surface area contributed by atoms with E-state index in [4.69, 9.17) is 20.8 Å². The number of hydrogen-bond acceptors (Lipinski definition) is 9. The molecule has 2 heterocycles. The molecule has 2 aromatic carbocycles. The molecule has 9 nitrogen and oxygen atoms in total. The van der Waals surface area contributed by atoms with E-state index in [-0.39, 0.29) is 34.2 Å². The van der Waals surface area contributed by atoms with Crippen LogP contribution in [0.15, 0.2) is 52.1 Å². The molecule has 4 rings (SSSR count). The second-order valence-corrected chi connectivity index (χ2v) is 8.45. The normalized spacial score (nSPS) is 10.9. The molecule has 0 radical (unpaired) electrons. The molecule has 0 aliphatic heterocycles. The predicted molar refractivity (Wildman–Crippen MR) is 119 cm³/mol. The number of nitrogens with zero attached hydrogens (tertiary/aromatic N) is 3. The van der Waals surface area contributed by atoms with Gasteiger partial charge in [0.05, 0.1) is 34.6 Å². The van der Waals surface area contributed by atoms with E-state index in [1.807, 2.05) is 24.3 Å². The Labute approximate surface area is 188 Å². The van der Waals surface area contributed by atoms with Gasteiger partial charge in [0.15, 0.2) is 0 Å². The summed E-state index contributed by atoms with van der Waals surface area (Å²) >= 11 is 8.94. The third-order valence-electron chi connectivity index (χ3n) is 4.13. The van der Waals surface area contributed by atoms with Crippen molar-refractivity contribution in [3.8, 4) is 16.5 Å². The van der Waals surface area contributed by atoms with E-state index >= 15 is 0 Å². The fourth-order valence-corrected chi connectivity index (χ4v) is 4.72. The van der Waals surface area contributed by atoms with Crippen molar-refractivity contribution in [3.05, 3.63) is 57.6 Å². The van der Waals surface area contributed by atoms with Crippen LogP contribution in [0.3, 0.4) is 0 Å². The maximum Gasteiger partial charge on any atom is 0.277 e. The highest BCUT2D eigenvalue weighted by molar-refractivity contribution is 7.99. The molecular weight excluding hydrogens is 464 g/mol. The van der Waals surface area contributed by atoms with Crippen molar-refractivity contribution in [2.75, 3.05) is 18.2 Å². The van der Waals surface area contributed by atoms with E-state index in [9.17, 15) is 14.9 Å². The molecule has 158 valence electrons. The zero-order valence-electron chi connectivity index (χ0n) is 15.8. The maximum absolute atomic E-state index is 12.3. The Balaban J connectivity index is 1.42. The molecule has 0 spiro atoms. The van der Waals surface area contributed by atoms with Gasteiger partial charge in [0, 0.05) is 16.2 Å². The first kappa shape index (κ1) is 21.1. The number of rotatable bonds is 7. The van der Waals surface area contributed by atoms with E-state index in [0.29, 0.717) is 15.6 Å². The Hall–Kier alpha value is -3.15. The lowest BCUT2D eigenvalue weighted by molar-refractivity contribution is -0.384. The van der Waals surface area contributed by atoms with Crippen LogP contribution in [0.4, 0.5) is 11.4 Å². The first-order chi connectivity index (χ1) is 15.0. The van der Waals surface area contributed by atoms with E-state index in [2.05, 4.69) is 15.5 Å². The van der Waals surface area contributed by atoms with Crippen molar-refractivity contribution in [1.29, 1.82) is 0 Å². The Bertz CT molecular complexity index is 1290. The van der Waals surface area contributed by atoms with Gasteiger partial charge < -0.3 is 14.5 Å². The van der Waals surface area contributed by atoms with Gasteiger partial charge in [-0.2, -0.15) is 0 Å². The van der Waals surface area contributed by atoms with Crippen LogP contribution >= 0.6 is 34.7 Å². The van der Waals surface area contributed by atoms with E-state index in [1.165, 1.54) is 36.6 Å². The number of halogens is 1. The molecule has 31 heavy (non-hydrogen) atoms. The summed E-state index contributed by atoms with van der Waals surface area (Å²) in [5.41, 5.74) is 0.185. The number of carbonyl (C=O) groups is 1. The lowest BCUT2D eigenvalue weighted by Crippen LogP contribution is -2.14. The monoisotopic (exact) mass is 476 g/mol. The first-order valence-corrected chi connectivity index (χ1v) is 10.9. The highest BCUT2D eigenvalue weighted by Crippen LogP contribution is 2.41. The number of hydrogen-bond donors (Lipinski definition) is 1. The number of nitro groups is 1. The molecule has 12 heteroatoms. The number of amides is 1. The topological polar surface area (TPSA) is 120 Å². The van der Waals surface area contributed by atoms with Gasteiger partial charge in [-0.15, -0.1) is 21.5 Å². The van der Waals surface area contributed by atoms with E-state index in [0.717, 1.165) is 21.8 Å². The summed E-state index contributed by atoms with van der Waals surface area (Å²) in [6.45, 7) is 0. The Morgan fingerprint density at radius 2 is 2.13 bits per heavy atom. The van der Waals surface area contributed by atoms with Crippen LogP contribution < -0.4 is 10.1 Å². The highest BCUT2D eigenvalue weighted by atomic mass is 35.5. The van der Waals surface area contributed by atoms with Gasteiger partial charge in [0.2, 0.25) is 5.91 Å². The molecular formula is C19H13ClN4O5S2. The van der Waals surface area contributed by atoms with Crippen LogP contribution in [-0.4, -0.2) is 33.9 Å². The van der Waals surface area contributed by atoms with Gasteiger partial charge in [0.25, 0.3) is 16.8 Å². The average Bonchev–Trinajstić information content (AvgIpc) is 3.37. The number of carbonyl (C=O) groups excluding carboxylic acids is 1. The number of fused-ring (bicyclic) bond motifs is 1. The fourth-order valence-electron chi connectivity index (χ4n) is 2.72. The van der Waals surface area contributed by atoms with Gasteiger partial charge >= 0.3 is 0 Å². The Morgan fingerprint density at radius 1 is 1.32 bits per heavy atom. The summed E-state index contributed by atoms with van der Waals surface area (Å²) in [4.78, 5) is 23.3. The van der Waals surface area contributed by atoms with E-state index < -0.39 is 4.92 Å². The third-order valence-corrected chi connectivity index (χ3v) is 6.61. The minimum atomic E-state index is -0.542. The predicted octanol–water partition coefficient (Wildman–Crippen LogP) is 5.25. The minimum Gasteiger partial charge on any atom is -0.494 e. The molecule has 0 saturated heterocycles. The molecule has 0 bridgehead atoms. The van der Waals surface area contributed by atoms with Crippen molar-refractivity contribution in [1.82, 2.24) is 10.2 Å². The molecule has 4 aromatic rings. The molecule has 0 saturated carbocycles. The number of aromatic nitrogens is 2. The summed E-state index contributed by atoms with van der Waals surface area (Å²) in [5, 5.41) is 23.2. The fraction of sp³-hybridized carbons (Fsp3) is 0.105. The maximum atomic E-state index is 12.3. The van der Waals surface area contributed by atoms with Crippen LogP contribution in [0.25, 0.3) is 20.9 Å². The summed E-state index contributed by atoms with van der Waals surface area (Å²) < 4.78 is 11.8. The van der Waals surface area contributed by atoms with Crippen molar-refractivity contribution < 1.29 is 18.9 Å². The SMILES string of the molecule is COc1cc([N+](=O)[O-])ccc1NC(=O)CSc1nnc(-c2sc3ccccc3c2Cl)o1. The molecule has 0 aliphatic rings. The van der Waals surface area contributed by atoms with Crippen LogP contribution in [0, 0.1) is 10.1 Å². The van der Waals surface area contributed by atoms with Crippen molar-refractivity contribution >= 4 is 62.1 Å². The van der Waals surface area contributed by atoms with Crippen LogP contribution in [0.2, 0.25) is 5.02 Å². The number of nitrogens with one attached hydrogen (secondary N) is 1. The molecule has 1 N–H and O–H groups in total. The molecule has 0 atom stereocenters. The Morgan fingerprint density at radius 3 is 2.87 bits per heavy atom. The lowest BCUT2D eigenvalue weighted by Gasteiger charge is -2.09. The third kappa shape index (κ3) is 4.48. The lowest BCUT2D eigenvalue weighted by atomic mass is 10.2. The number of thiophene rings is 1. The van der Waals surface area contributed by atoms with Crippen molar-refractivity contribution in [2.24, 2.45) is 0 Å². The second-order valence-electron chi connectivity index (χ2n) is 6.09. The van der Waals surface area contributed by atoms with Crippen LogP contribution in [-0.2, 0) is 4.79 Å². The van der Waals surface area contributed by atoms with Crippen molar-refractivity contribution in [2.45, 2.75) is 5.22 Å². The zero-order chi connectivity index (χ0) is 22.0. The molecule has 0 aliphatic carbocycles. The Kier molecular flexibility index (Phi) is 6.07. The molecule has 0 fully saturated rings. The number of methoxy groups -OCH3 is 1. The summed E-state index contributed by atoms with van der Waals surface area (Å²) in [5.74, 6) is 0.0945. The van der Waals surface area contributed by atoms with Crippen molar-refractivity contribution in [3.63, 3.8) is 0 Å².